The standard InChI is InChI=1S/C15H18ClN3O3/c1-4-10-13(14(20)18-12(8(2)3)15(21)22)19-7-9(16)5-6-11(19)17-10/h5-8,12H,4H2,1-3H3,(H,18,20)(H,21,22). The number of nitrogens with one attached hydrogen (secondary N) is 1. The van der Waals surface area contributed by atoms with Gasteiger partial charge in [0.25, 0.3) is 5.91 Å². The van der Waals surface area contributed by atoms with Crippen LogP contribution in [0.4, 0.5) is 0 Å². The fourth-order valence-electron chi connectivity index (χ4n) is 2.28. The number of hydrogen-bond acceptors (Lipinski definition) is 3. The average molecular weight is 324 g/mol. The molecule has 0 aliphatic heterocycles. The van der Waals surface area contributed by atoms with Gasteiger partial charge in [-0.25, -0.2) is 9.78 Å². The van der Waals surface area contributed by atoms with Crippen LogP contribution in [-0.4, -0.2) is 32.4 Å². The first-order valence-electron chi connectivity index (χ1n) is 7.05. The number of carboxylic acid groups (broad SMARTS) is 1. The minimum atomic E-state index is -1.06. The first kappa shape index (κ1) is 16.3. The number of hydrogen-bond donors (Lipinski definition) is 2. The highest BCUT2D eigenvalue weighted by Gasteiger charge is 2.27. The van der Waals surface area contributed by atoms with Crippen molar-refractivity contribution < 1.29 is 14.7 Å². The second-order valence-corrected chi connectivity index (χ2v) is 5.81. The van der Waals surface area contributed by atoms with E-state index in [1.807, 2.05) is 6.92 Å². The van der Waals surface area contributed by atoms with E-state index in [0.29, 0.717) is 28.5 Å². The van der Waals surface area contributed by atoms with Crippen LogP contribution >= 0.6 is 11.6 Å². The third-order valence-corrected chi connectivity index (χ3v) is 3.65. The summed E-state index contributed by atoms with van der Waals surface area (Å²) in [5.74, 6) is -1.75. The largest absolute Gasteiger partial charge is 0.480 e. The van der Waals surface area contributed by atoms with E-state index in [1.165, 1.54) is 0 Å². The molecule has 2 rings (SSSR count). The van der Waals surface area contributed by atoms with Crippen LogP contribution in [0, 0.1) is 5.92 Å². The quantitative estimate of drug-likeness (QED) is 0.885. The summed E-state index contributed by atoms with van der Waals surface area (Å²) in [6, 6.07) is 2.45. The van der Waals surface area contributed by atoms with E-state index in [1.54, 1.807) is 36.6 Å². The Morgan fingerprint density at radius 2 is 2.09 bits per heavy atom. The molecule has 0 aliphatic carbocycles. The van der Waals surface area contributed by atoms with Crippen molar-refractivity contribution in [1.82, 2.24) is 14.7 Å². The lowest BCUT2D eigenvalue weighted by atomic mass is 10.0. The third-order valence-electron chi connectivity index (χ3n) is 3.42. The van der Waals surface area contributed by atoms with Gasteiger partial charge < -0.3 is 10.4 Å². The summed E-state index contributed by atoms with van der Waals surface area (Å²) in [5.41, 5.74) is 1.53. The Morgan fingerprint density at radius 3 is 2.64 bits per heavy atom. The lowest BCUT2D eigenvalue weighted by Crippen LogP contribution is -2.44. The number of carbonyl (C=O) groups is 2. The maximum Gasteiger partial charge on any atom is 0.326 e. The lowest BCUT2D eigenvalue weighted by Gasteiger charge is -2.18. The molecule has 7 heteroatoms. The number of halogens is 1. The Balaban J connectivity index is 2.46. The van der Waals surface area contributed by atoms with Gasteiger partial charge in [-0.3, -0.25) is 9.20 Å². The molecule has 2 N–H and O–H groups in total. The fourth-order valence-corrected chi connectivity index (χ4v) is 2.44. The summed E-state index contributed by atoms with van der Waals surface area (Å²) < 4.78 is 1.59. The number of aryl methyl sites for hydroxylation is 1. The van der Waals surface area contributed by atoms with E-state index in [-0.39, 0.29) is 5.92 Å². The molecule has 0 spiro atoms. The highest BCUT2D eigenvalue weighted by molar-refractivity contribution is 6.30. The summed E-state index contributed by atoms with van der Waals surface area (Å²) in [6.07, 6.45) is 2.16. The van der Waals surface area contributed by atoms with Gasteiger partial charge in [0.2, 0.25) is 0 Å². The van der Waals surface area contributed by atoms with Crippen molar-refractivity contribution in [3.8, 4) is 0 Å². The summed E-state index contributed by atoms with van der Waals surface area (Å²) in [6.45, 7) is 5.37. The molecule has 0 saturated carbocycles. The maximum absolute atomic E-state index is 12.6. The summed E-state index contributed by atoms with van der Waals surface area (Å²) >= 11 is 5.98. The van der Waals surface area contributed by atoms with Crippen molar-refractivity contribution in [2.24, 2.45) is 5.92 Å². The number of nitrogens with zero attached hydrogens (tertiary/aromatic N) is 2. The van der Waals surface area contributed by atoms with Gasteiger partial charge in [0.1, 0.15) is 17.4 Å². The zero-order chi connectivity index (χ0) is 16.4. The van der Waals surface area contributed by atoms with Crippen molar-refractivity contribution in [2.45, 2.75) is 33.2 Å². The van der Waals surface area contributed by atoms with Gasteiger partial charge in [0, 0.05) is 6.20 Å². The fraction of sp³-hybridized carbons (Fsp3) is 0.400. The van der Waals surface area contributed by atoms with Crippen LogP contribution in [0.15, 0.2) is 18.3 Å². The molecule has 1 unspecified atom stereocenters. The van der Waals surface area contributed by atoms with Crippen molar-refractivity contribution in [3.05, 3.63) is 34.7 Å². The second-order valence-electron chi connectivity index (χ2n) is 5.37. The monoisotopic (exact) mass is 323 g/mol. The molecule has 1 amide bonds. The number of fused-ring (bicyclic) bond motifs is 1. The van der Waals surface area contributed by atoms with Crippen molar-refractivity contribution in [3.63, 3.8) is 0 Å². The number of carbonyl (C=O) groups excluding carboxylic acids is 1. The van der Waals surface area contributed by atoms with Gasteiger partial charge >= 0.3 is 5.97 Å². The predicted molar refractivity (Wildman–Crippen MR) is 83.3 cm³/mol. The normalized spacial score (nSPS) is 12.6. The van der Waals surface area contributed by atoms with Crippen molar-refractivity contribution >= 4 is 29.1 Å². The summed E-state index contributed by atoms with van der Waals surface area (Å²) in [7, 11) is 0. The molecule has 0 aromatic carbocycles. The summed E-state index contributed by atoms with van der Waals surface area (Å²) in [4.78, 5) is 28.2. The van der Waals surface area contributed by atoms with Crippen LogP contribution in [0.3, 0.4) is 0 Å². The highest BCUT2D eigenvalue weighted by atomic mass is 35.5. The van der Waals surface area contributed by atoms with Crippen molar-refractivity contribution in [1.29, 1.82) is 0 Å². The van der Waals surface area contributed by atoms with Crippen LogP contribution in [0.25, 0.3) is 5.65 Å². The van der Waals surface area contributed by atoms with E-state index in [2.05, 4.69) is 10.3 Å². The lowest BCUT2D eigenvalue weighted by molar-refractivity contribution is -0.140. The van der Waals surface area contributed by atoms with Crippen LogP contribution < -0.4 is 5.32 Å². The van der Waals surface area contributed by atoms with Crippen LogP contribution in [0.5, 0.6) is 0 Å². The van der Waals surface area contributed by atoms with Crippen LogP contribution in [0.1, 0.15) is 37.0 Å². The molecule has 0 aliphatic rings. The minimum absolute atomic E-state index is 0.227. The number of rotatable bonds is 5. The first-order valence-corrected chi connectivity index (χ1v) is 7.43. The predicted octanol–water partition coefficient (Wildman–Crippen LogP) is 2.39. The molecule has 22 heavy (non-hydrogen) atoms. The van der Waals surface area contributed by atoms with Crippen LogP contribution in [0.2, 0.25) is 5.02 Å². The Labute approximate surface area is 133 Å². The molecule has 6 nitrogen and oxygen atoms in total. The number of pyridine rings is 1. The van der Waals surface area contributed by atoms with Gasteiger partial charge in [-0.05, 0) is 24.5 Å². The number of carboxylic acids is 1. The molecule has 2 aromatic heterocycles. The molecule has 1 atom stereocenters. The van der Waals surface area contributed by atoms with E-state index >= 15 is 0 Å². The molecular formula is C15H18ClN3O3. The Kier molecular flexibility index (Phi) is 4.71. The minimum Gasteiger partial charge on any atom is -0.480 e. The maximum atomic E-state index is 12.6. The Morgan fingerprint density at radius 1 is 1.41 bits per heavy atom. The van der Waals surface area contributed by atoms with Crippen LogP contribution in [-0.2, 0) is 11.2 Å². The van der Waals surface area contributed by atoms with Gasteiger partial charge in [-0.2, -0.15) is 0 Å². The third kappa shape index (κ3) is 3.06. The molecule has 0 saturated heterocycles. The topological polar surface area (TPSA) is 83.7 Å². The molecule has 0 fully saturated rings. The van der Waals surface area contributed by atoms with Gasteiger partial charge in [-0.1, -0.05) is 32.4 Å². The number of aliphatic carboxylic acids is 1. The van der Waals surface area contributed by atoms with Crippen molar-refractivity contribution in [2.75, 3.05) is 0 Å². The average Bonchev–Trinajstić information content (AvgIpc) is 2.81. The zero-order valence-electron chi connectivity index (χ0n) is 12.6. The summed E-state index contributed by atoms with van der Waals surface area (Å²) in [5, 5.41) is 12.3. The number of imidazole rings is 1. The molecular weight excluding hydrogens is 306 g/mol. The van der Waals surface area contributed by atoms with E-state index < -0.39 is 17.9 Å². The molecule has 0 bridgehead atoms. The SMILES string of the molecule is CCc1nc2ccc(Cl)cn2c1C(=O)NC(C(=O)O)C(C)C. The Bertz CT molecular complexity index is 724. The van der Waals surface area contributed by atoms with Gasteiger partial charge in [0.05, 0.1) is 10.7 Å². The second kappa shape index (κ2) is 6.36. The Hall–Kier alpha value is -2.08. The van der Waals surface area contributed by atoms with Gasteiger partial charge in [0.15, 0.2) is 0 Å². The smallest absolute Gasteiger partial charge is 0.326 e. The molecule has 2 heterocycles. The van der Waals surface area contributed by atoms with E-state index in [4.69, 9.17) is 11.6 Å². The highest BCUT2D eigenvalue weighted by Crippen LogP contribution is 2.18. The zero-order valence-corrected chi connectivity index (χ0v) is 13.4. The number of amides is 1. The van der Waals surface area contributed by atoms with Gasteiger partial charge in [-0.15, -0.1) is 0 Å². The molecule has 0 radical (unpaired) electrons. The van der Waals surface area contributed by atoms with E-state index in [9.17, 15) is 14.7 Å². The van der Waals surface area contributed by atoms with E-state index in [0.717, 1.165) is 0 Å². The molecule has 118 valence electrons. The first-order chi connectivity index (χ1) is 10.3. The molecule has 2 aromatic rings. The number of aromatic nitrogens is 2.